The number of methoxy groups -OCH3 is 1. The molecular weight excluding hydrogens is 236 g/mol. The van der Waals surface area contributed by atoms with E-state index in [0.29, 0.717) is 0 Å². The fourth-order valence-corrected chi connectivity index (χ4v) is 2.37. The molecule has 0 atom stereocenters. The molecule has 2 aromatic rings. The van der Waals surface area contributed by atoms with Crippen molar-refractivity contribution in [3.63, 3.8) is 0 Å². The summed E-state index contributed by atoms with van der Waals surface area (Å²) in [6.07, 6.45) is 4.75. The van der Waals surface area contributed by atoms with E-state index >= 15 is 0 Å². The van der Waals surface area contributed by atoms with Crippen LogP contribution < -0.4 is 5.32 Å². The van der Waals surface area contributed by atoms with Gasteiger partial charge in [0.1, 0.15) is 0 Å². The molecule has 0 amide bonds. The fourth-order valence-electron chi connectivity index (χ4n) is 2.37. The van der Waals surface area contributed by atoms with Crippen LogP contribution in [0.5, 0.6) is 0 Å². The number of ether oxygens (including phenoxy) is 1. The van der Waals surface area contributed by atoms with Crippen molar-refractivity contribution < 1.29 is 4.74 Å². The Labute approximate surface area is 115 Å². The van der Waals surface area contributed by atoms with Crippen molar-refractivity contribution in [2.45, 2.75) is 32.9 Å². The van der Waals surface area contributed by atoms with Gasteiger partial charge in [-0.25, -0.2) is 0 Å². The van der Waals surface area contributed by atoms with Crippen LogP contribution in [-0.2, 0) is 17.8 Å². The van der Waals surface area contributed by atoms with Gasteiger partial charge in [0.15, 0.2) is 0 Å². The molecule has 1 aromatic heterocycles. The standard InChI is InChI=1S/C16H24N2O/c1-3-4-10-18-13-14(12-17-9-11-19-2)15-7-5-6-8-16(15)18/h5-8,13,17H,3-4,9-12H2,1-2H3. The Kier molecular flexibility index (Phi) is 5.43. The number of unbranched alkanes of at least 4 members (excludes halogenated alkanes) is 1. The molecule has 0 aliphatic rings. The molecule has 0 saturated carbocycles. The zero-order valence-corrected chi connectivity index (χ0v) is 12.0. The van der Waals surface area contributed by atoms with Gasteiger partial charge in [-0.1, -0.05) is 31.5 Å². The number of para-hydroxylation sites is 1. The van der Waals surface area contributed by atoms with Crippen LogP contribution in [0.2, 0.25) is 0 Å². The van der Waals surface area contributed by atoms with E-state index in [1.54, 1.807) is 7.11 Å². The molecule has 0 bridgehead atoms. The fraction of sp³-hybridized carbons (Fsp3) is 0.500. The van der Waals surface area contributed by atoms with E-state index in [1.807, 2.05) is 0 Å². The van der Waals surface area contributed by atoms with Gasteiger partial charge in [0.2, 0.25) is 0 Å². The second kappa shape index (κ2) is 7.31. The molecule has 0 fully saturated rings. The summed E-state index contributed by atoms with van der Waals surface area (Å²) in [6, 6.07) is 8.66. The van der Waals surface area contributed by atoms with Crippen molar-refractivity contribution in [3.05, 3.63) is 36.0 Å². The van der Waals surface area contributed by atoms with Gasteiger partial charge in [-0.05, 0) is 18.1 Å². The summed E-state index contributed by atoms with van der Waals surface area (Å²) < 4.78 is 7.44. The third kappa shape index (κ3) is 3.58. The van der Waals surface area contributed by atoms with Gasteiger partial charge in [0.25, 0.3) is 0 Å². The van der Waals surface area contributed by atoms with Crippen LogP contribution in [-0.4, -0.2) is 24.8 Å². The third-order valence-electron chi connectivity index (χ3n) is 3.42. The lowest BCUT2D eigenvalue weighted by atomic mass is 10.2. The average Bonchev–Trinajstić information content (AvgIpc) is 2.80. The molecule has 0 aliphatic heterocycles. The summed E-state index contributed by atoms with van der Waals surface area (Å²) in [5, 5.41) is 4.79. The van der Waals surface area contributed by atoms with E-state index < -0.39 is 0 Å². The van der Waals surface area contributed by atoms with E-state index in [4.69, 9.17) is 4.74 Å². The molecule has 0 saturated heterocycles. The first-order valence-electron chi connectivity index (χ1n) is 7.13. The van der Waals surface area contributed by atoms with Gasteiger partial charge in [-0.2, -0.15) is 0 Å². The maximum Gasteiger partial charge on any atom is 0.0587 e. The van der Waals surface area contributed by atoms with Gasteiger partial charge in [0, 0.05) is 43.8 Å². The molecule has 1 aromatic carbocycles. The Morgan fingerprint density at radius 3 is 2.89 bits per heavy atom. The molecule has 2 rings (SSSR count). The van der Waals surface area contributed by atoms with Crippen LogP contribution in [0, 0.1) is 0 Å². The van der Waals surface area contributed by atoms with Crippen LogP contribution in [0.3, 0.4) is 0 Å². The minimum absolute atomic E-state index is 0.758. The smallest absolute Gasteiger partial charge is 0.0587 e. The minimum Gasteiger partial charge on any atom is -0.383 e. The average molecular weight is 260 g/mol. The summed E-state index contributed by atoms with van der Waals surface area (Å²) in [5.74, 6) is 0. The number of fused-ring (bicyclic) bond motifs is 1. The molecule has 104 valence electrons. The van der Waals surface area contributed by atoms with Crippen LogP contribution in [0.25, 0.3) is 10.9 Å². The van der Waals surface area contributed by atoms with Crippen molar-refractivity contribution in [3.8, 4) is 0 Å². The van der Waals surface area contributed by atoms with Crippen molar-refractivity contribution in [2.24, 2.45) is 0 Å². The number of aromatic nitrogens is 1. The number of nitrogens with one attached hydrogen (secondary N) is 1. The van der Waals surface area contributed by atoms with Gasteiger partial charge in [0.05, 0.1) is 6.61 Å². The highest BCUT2D eigenvalue weighted by Gasteiger charge is 2.07. The first-order chi connectivity index (χ1) is 9.36. The van der Waals surface area contributed by atoms with Crippen molar-refractivity contribution in [2.75, 3.05) is 20.3 Å². The zero-order valence-electron chi connectivity index (χ0n) is 12.0. The normalized spacial score (nSPS) is 11.3. The highest BCUT2D eigenvalue weighted by molar-refractivity contribution is 5.83. The van der Waals surface area contributed by atoms with E-state index in [-0.39, 0.29) is 0 Å². The molecule has 1 heterocycles. The van der Waals surface area contributed by atoms with E-state index in [2.05, 4.69) is 47.3 Å². The predicted octanol–water partition coefficient (Wildman–Crippen LogP) is 3.18. The zero-order chi connectivity index (χ0) is 13.5. The van der Waals surface area contributed by atoms with Gasteiger partial charge in [-0.3, -0.25) is 0 Å². The quantitative estimate of drug-likeness (QED) is 0.738. The lowest BCUT2D eigenvalue weighted by Gasteiger charge is -2.03. The number of hydrogen-bond donors (Lipinski definition) is 1. The largest absolute Gasteiger partial charge is 0.383 e. The van der Waals surface area contributed by atoms with E-state index in [1.165, 1.54) is 29.3 Å². The minimum atomic E-state index is 0.758. The maximum absolute atomic E-state index is 5.06. The van der Waals surface area contributed by atoms with Crippen molar-refractivity contribution >= 4 is 10.9 Å². The second-order valence-electron chi connectivity index (χ2n) is 4.89. The Morgan fingerprint density at radius 1 is 1.26 bits per heavy atom. The first kappa shape index (κ1) is 14.1. The number of benzene rings is 1. The Balaban J connectivity index is 2.13. The highest BCUT2D eigenvalue weighted by Crippen LogP contribution is 2.21. The molecule has 3 nitrogen and oxygen atoms in total. The highest BCUT2D eigenvalue weighted by atomic mass is 16.5. The molecule has 1 N–H and O–H groups in total. The number of nitrogens with zero attached hydrogens (tertiary/aromatic N) is 1. The second-order valence-corrected chi connectivity index (χ2v) is 4.89. The molecule has 0 spiro atoms. The van der Waals surface area contributed by atoms with Crippen LogP contribution in [0.4, 0.5) is 0 Å². The van der Waals surface area contributed by atoms with Crippen LogP contribution >= 0.6 is 0 Å². The van der Waals surface area contributed by atoms with Gasteiger partial charge < -0.3 is 14.6 Å². The molecule has 0 radical (unpaired) electrons. The van der Waals surface area contributed by atoms with E-state index in [9.17, 15) is 0 Å². The van der Waals surface area contributed by atoms with E-state index in [0.717, 1.165) is 26.2 Å². The first-order valence-corrected chi connectivity index (χ1v) is 7.13. The summed E-state index contributed by atoms with van der Waals surface area (Å²) in [4.78, 5) is 0. The Hall–Kier alpha value is -1.32. The molecule has 0 aliphatic carbocycles. The summed E-state index contributed by atoms with van der Waals surface area (Å²) in [5.41, 5.74) is 2.72. The maximum atomic E-state index is 5.06. The summed E-state index contributed by atoms with van der Waals surface area (Å²) in [7, 11) is 1.73. The van der Waals surface area contributed by atoms with Gasteiger partial charge >= 0.3 is 0 Å². The lowest BCUT2D eigenvalue weighted by molar-refractivity contribution is 0.199. The number of hydrogen-bond acceptors (Lipinski definition) is 2. The predicted molar refractivity (Wildman–Crippen MR) is 80.4 cm³/mol. The topological polar surface area (TPSA) is 26.2 Å². The van der Waals surface area contributed by atoms with Gasteiger partial charge in [-0.15, -0.1) is 0 Å². The lowest BCUT2D eigenvalue weighted by Crippen LogP contribution is -2.18. The van der Waals surface area contributed by atoms with Crippen LogP contribution in [0.15, 0.2) is 30.5 Å². The number of aryl methyl sites for hydroxylation is 1. The molecule has 0 unspecified atom stereocenters. The molecule has 19 heavy (non-hydrogen) atoms. The van der Waals surface area contributed by atoms with Crippen molar-refractivity contribution in [1.82, 2.24) is 9.88 Å². The molecular formula is C16H24N2O. The van der Waals surface area contributed by atoms with Crippen LogP contribution in [0.1, 0.15) is 25.3 Å². The Morgan fingerprint density at radius 2 is 2.11 bits per heavy atom. The molecule has 3 heteroatoms. The summed E-state index contributed by atoms with van der Waals surface area (Å²) >= 11 is 0. The summed E-state index contributed by atoms with van der Waals surface area (Å²) in [6.45, 7) is 5.90. The monoisotopic (exact) mass is 260 g/mol. The Bertz CT molecular complexity index is 504. The third-order valence-corrected chi connectivity index (χ3v) is 3.42. The van der Waals surface area contributed by atoms with Crippen molar-refractivity contribution in [1.29, 1.82) is 0 Å². The number of rotatable bonds is 8. The SMILES string of the molecule is CCCCn1cc(CNCCOC)c2ccccc21.